The van der Waals surface area contributed by atoms with Gasteiger partial charge in [-0.3, -0.25) is 0 Å². The number of ether oxygens (including phenoxy) is 1. The molecule has 2 aromatic rings. The van der Waals surface area contributed by atoms with E-state index in [1.165, 1.54) is 19.2 Å². The molecule has 0 aliphatic rings. The Morgan fingerprint density at radius 3 is 2.17 bits per heavy atom. The Morgan fingerprint density at radius 2 is 1.61 bits per heavy atom. The topological polar surface area (TPSA) is 9.23 Å². The van der Waals surface area contributed by atoms with Gasteiger partial charge in [0.2, 0.25) is 0 Å². The number of methoxy groups -OCH3 is 1. The third kappa shape index (κ3) is 2.46. The van der Waals surface area contributed by atoms with Gasteiger partial charge in [-0.2, -0.15) is 0 Å². The smallest absolute Gasteiger partial charge is 0.126 e. The van der Waals surface area contributed by atoms with Crippen molar-refractivity contribution in [3.63, 3.8) is 0 Å². The van der Waals surface area contributed by atoms with Crippen molar-refractivity contribution < 1.29 is 13.5 Å². The van der Waals surface area contributed by atoms with Gasteiger partial charge in [0.1, 0.15) is 17.4 Å². The zero-order chi connectivity index (χ0) is 13.3. The minimum Gasteiger partial charge on any atom is -0.496 e. The van der Waals surface area contributed by atoms with Crippen molar-refractivity contribution in [1.29, 1.82) is 0 Å². The van der Waals surface area contributed by atoms with Gasteiger partial charge in [0.05, 0.1) is 7.11 Å². The van der Waals surface area contributed by atoms with Crippen LogP contribution in [0.25, 0.3) is 11.1 Å². The molecule has 18 heavy (non-hydrogen) atoms. The maximum Gasteiger partial charge on any atom is 0.126 e. The van der Waals surface area contributed by atoms with Crippen LogP contribution in [0.4, 0.5) is 8.78 Å². The first-order chi connectivity index (χ1) is 8.51. The highest BCUT2D eigenvalue weighted by Crippen LogP contribution is 2.34. The minimum absolute atomic E-state index is 0.385. The largest absolute Gasteiger partial charge is 0.496 e. The number of hydrogen-bond donors (Lipinski definition) is 0. The summed E-state index contributed by atoms with van der Waals surface area (Å²) in [6, 6.07) is 6.67. The van der Waals surface area contributed by atoms with E-state index in [0.717, 1.165) is 11.6 Å². The van der Waals surface area contributed by atoms with Crippen molar-refractivity contribution in [3.8, 4) is 16.9 Å². The molecule has 4 heteroatoms. The Bertz CT molecular complexity index is 576. The van der Waals surface area contributed by atoms with E-state index in [1.54, 1.807) is 12.1 Å². The Hall–Kier alpha value is -1.61. The van der Waals surface area contributed by atoms with Crippen LogP contribution in [-0.4, -0.2) is 7.11 Å². The lowest BCUT2D eigenvalue weighted by molar-refractivity contribution is 0.412. The first kappa shape index (κ1) is 12.8. The van der Waals surface area contributed by atoms with Crippen molar-refractivity contribution in [2.75, 3.05) is 7.11 Å². The third-order valence-corrected chi connectivity index (χ3v) is 2.97. The first-order valence-electron chi connectivity index (χ1n) is 5.32. The van der Waals surface area contributed by atoms with Gasteiger partial charge < -0.3 is 4.74 Å². The Kier molecular flexibility index (Phi) is 3.53. The molecule has 1 nitrogen and oxygen atoms in total. The summed E-state index contributed by atoms with van der Waals surface area (Å²) >= 11 is 6.10. The molecule has 0 bridgehead atoms. The molecule has 0 saturated carbocycles. The Morgan fingerprint density at radius 1 is 1.00 bits per heavy atom. The quantitative estimate of drug-likeness (QED) is 0.773. The second-order valence-electron chi connectivity index (χ2n) is 3.96. The minimum atomic E-state index is -0.638. The fourth-order valence-electron chi connectivity index (χ4n) is 1.80. The molecule has 0 aliphatic carbocycles. The summed E-state index contributed by atoms with van der Waals surface area (Å²) in [4.78, 5) is 0. The van der Waals surface area contributed by atoms with Crippen molar-refractivity contribution in [2.24, 2.45) is 0 Å². The number of benzene rings is 2. The molecule has 94 valence electrons. The molecular formula is C14H11ClF2O. The number of halogens is 3. The van der Waals surface area contributed by atoms with E-state index in [0.29, 0.717) is 21.9 Å². The Balaban J connectivity index is 2.62. The zero-order valence-electron chi connectivity index (χ0n) is 9.93. The molecule has 0 radical (unpaired) electrons. The van der Waals surface area contributed by atoms with Crippen LogP contribution in [0.5, 0.6) is 5.75 Å². The molecule has 0 amide bonds. The maximum atomic E-state index is 13.2. The number of aryl methyl sites for hydroxylation is 1. The van der Waals surface area contributed by atoms with Crippen molar-refractivity contribution in [1.82, 2.24) is 0 Å². The van der Waals surface area contributed by atoms with E-state index in [4.69, 9.17) is 16.3 Å². The summed E-state index contributed by atoms with van der Waals surface area (Å²) in [7, 11) is 1.53. The fraction of sp³-hybridized carbons (Fsp3) is 0.143. The predicted octanol–water partition coefficient (Wildman–Crippen LogP) is 4.60. The monoisotopic (exact) mass is 268 g/mol. The van der Waals surface area contributed by atoms with E-state index >= 15 is 0 Å². The van der Waals surface area contributed by atoms with E-state index < -0.39 is 11.6 Å². The van der Waals surface area contributed by atoms with E-state index in [1.807, 2.05) is 6.92 Å². The van der Waals surface area contributed by atoms with E-state index in [-0.39, 0.29) is 0 Å². The molecule has 0 heterocycles. The average Bonchev–Trinajstić information content (AvgIpc) is 2.27. The van der Waals surface area contributed by atoms with Gasteiger partial charge in [-0.15, -0.1) is 0 Å². The van der Waals surface area contributed by atoms with Crippen molar-refractivity contribution in [3.05, 3.63) is 52.6 Å². The second kappa shape index (κ2) is 4.94. The van der Waals surface area contributed by atoms with Crippen LogP contribution < -0.4 is 4.74 Å². The van der Waals surface area contributed by atoms with Gasteiger partial charge in [0.25, 0.3) is 0 Å². The summed E-state index contributed by atoms with van der Waals surface area (Å²) in [6.07, 6.45) is 0. The second-order valence-corrected chi connectivity index (χ2v) is 4.37. The molecule has 0 spiro atoms. The first-order valence-corrected chi connectivity index (χ1v) is 5.69. The van der Waals surface area contributed by atoms with E-state index in [9.17, 15) is 8.78 Å². The average molecular weight is 269 g/mol. The molecule has 0 aliphatic heterocycles. The van der Waals surface area contributed by atoms with Crippen LogP contribution in [-0.2, 0) is 0 Å². The number of hydrogen-bond acceptors (Lipinski definition) is 1. The molecule has 0 saturated heterocycles. The van der Waals surface area contributed by atoms with Crippen molar-refractivity contribution >= 4 is 11.6 Å². The molecule has 0 aromatic heterocycles. The fourth-order valence-corrected chi connectivity index (χ4v) is 2.13. The molecule has 0 fully saturated rings. The molecular weight excluding hydrogens is 258 g/mol. The van der Waals surface area contributed by atoms with Crippen LogP contribution in [0.1, 0.15) is 5.56 Å². The normalized spacial score (nSPS) is 10.5. The lowest BCUT2D eigenvalue weighted by Gasteiger charge is -2.10. The van der Waals surface area contributed by atoms with Crippen LogP contribution in [0.3, 0.4) is 0 Å². The van der Waals surface area contributed by atoms with Gasteiger partial charge in [0.15, 0.2) is 0 Å². The summed E-state index contributed by atoms with van der Waals surface area (Å²) < 4.78 is 31.6. The van der Waals surface area contributed by atoms with Crippen LogP contribution >= 0.6 is 11.6 Å². The molecule has 0 atom stereocenters. The summed E-state index contributed by atoms with van der Waals surface area (Å²) in [5.74, 6) is -0.653. The SMILES string of the molecule is COc1cc(-c2cc(F)cc(F)c2)c(Cl)cc1C. The van der Waals surface area contributed by atoms with Gasteiger partial charge in [0, 0.05) is 16.7 Å². The standard InChI is InChI=1S/C14H11ClF2O/c1-8-3-13(15)12(7-14(8)18-2)9-4-10(16)6-11(17)5-9/h3-7H,1-2H3. The zero-order valence-corrected chi connectivity index (χ0v) is 10.7. The number of rotatable bonds is 2. The molecule has 2 rings (SSSR count). The highest BCUT2D eigenvalue weighted by molar-refractivity contribution is 6.33. The highest BCUT2D eigenvalue weighted by Gasteiger charge is 2.10. The van der Waals surface area contributed by atoms with Crippen LogP contribution in [0.15, 0.2) is 30.3 Å². The molecule has 0 N–H and O–H groups in total. The lowest BCUT2D eigenvalue weighted by atomic mass is 10.0. The lowest BCUT2D eigenvalue weighted by Crippen LogP contribution is -1.91. The van der Waals surface area contributed by atoms with Crippen LogP contribution in [0.2, 0.25) is 5.02 Å². The van der Waals surface area contributed by atoms with E-state index in [2.05, 4.69) is 0 Å². The Labute approximate surface area is 109 Å². The van der Waals surface area contributed by atoms with Gasteiger partial charge in [-0.05, 0) is 42.3 Å². The predicted molar refractivity (Wildman–Crippen MR) is 68.1 cm³/mol. The van der Waals surface area contributed by atoms with Crippen LogP contribution in [0, 0.1) is 18.6 Å². The summed E-state index contributed by atoms with van der Waals surface area (Å²) in [5.41, 5.74) is 1.79. The summed E-state index contributed by atoms with van der Waals surface area (Å²) in [6.45, 7) is 1.85. The maximum absolute atomic E-state index is 13.2. The molecule has 0 unspecified atom stereocenters. The summed E-state index contributed by atoms with van der Waals surface area (Å²) in [5, 5.41) is 0.429. The van der Waals surface area contributed by atoms with Gasteiger partial charge in [-0.1, -0.05) is 11.6 Å². The van der Waals surface area contributed by atoms with Crippen molar-refractivity contribution in [2.45, 2.75) is 6.92 Å². The highest BCUT2D eigenvalue weighted by atomic mass is 35.5. The van der Waals surface area contributed by atoms with Gasteiger partial charge in [-0.25, -0.2) is 8.78 Å². The van der Waals surface area contributed by atoms with Gasteiger partial charge >= 0.3 is 0 Å². The molecule has 2 aromatic carbocycles. The third-order valence-electron chi connectivity index (χ3n) is 2.66.